The van der Waals surface area contributed by atoms with Crippen molar-refractivity contribution in [3.63, 3.8) is 0 Å². The lowest BCUT2D eigenvalue weighted by Crippen LogP contribution is -2.39. The Kier molecular flexibility index (Phi) is 8.05. The lowest BCUT2D eigenvalue weighted by atomic mass is 10.1. The molecule has 78 valence electrons. The van der Waals surface area contributed by atoms with Gasteiger partial charge in [0, 0.05) is 12.6 Å². The molecule has 0 aromatic heterocycles. The van der Waals surface area contributed by atoms with E-state index < -0.39 is 0 Å². The summed E-state index contributed by atoms with van der Waals surface area (Å²) in [5, 5.41) is 3.46. The Bertz CT molecular complexity index is 125. The van der Waals surface area contributed by atoms with Crippen LogP contribution in [0.3, 0.4) is 0 Å². The third-order valence-corrected chi connectivity index (χ3v) is 2.07. The summed E-state index contributed by atoms with van der Waals surface area (Å²) < 4.78 is 5.54. The molecule has 0 saturated heterocycles. The number of nitrogens with one attached hydrogen (secondary N) is 1. The highest BCUT2D eigenvalue weighted by Gasteiger charge is 2.14. The van der Waals surface area contributed by atoms with E-state index in [0.717, 1.165) is 26.0 Å². The molecule has 0 aliphatic heterocycles. The van der Waals surface area contributed by atoms with Crippen LogP contribution in [0.15, 0.2) is 12.7 Å². The summed E-state index contributed by atoms with van der Waals surface area (Å²) in [5.41, 5.74) is 0. The zero-order chi connectivity index (χ0) is 10.1. The van der Waals surface area contributed by atoms with E-state index in [-0.39, 0.29) is 6.10 Å². The van der Waals surface area contributed by atoms with Crippen molar-refractivity contribution in [2.24, 2.45) is 0 Å². The Morgan fingerprint density at radius 3 is 2.62 bits per heavy atom. The van der Waals surface area contributed by atoms with Crippen molar-refractivity contribution in [3.05, 3.63) is 12.7 Å². The zero-order valence-corrected chi connectivity index (χ0v) is 9.18. The van der Waals surface area contributed by atoms with Gasteiger partial charge in [0.05, 0.1) is 6.10 Å². The van der Waals surface area contributed by atoms with Crippen LogP contribution in [0.5, 0.6) is 0 Å². The molecule has 0 aromatic rings. The van der Waals surface area contributed by atoms with Crippen molar-refractivity contribution in [1.29, 1.82) is 0 Å². The minimum atomic E-state index is 0.273. The maximum Gasteiger partial charge on any atom is 0.0702 e. The monoisotopic (exact) mass is 185 g/mol. The smallest absolute Gasteiger partial charge is 0.0702 e. The van der Waals surface area contributed by atoms with Gasteiger partial charge in [-0.05, 0) is 33.2 Å². The molecule has 0 spiro atoms. The Morgan fingerprint density at radius 1 is 1.46 bits per heavy atom. The second-order valence-electron chi connectivity index (χ2n) is 3.25. The van der Waals surface area contributed by atoms with E-state index in [2.05, 4.69) is 25.7 Å². The maximum absolute atomic E-state index is 5.54. The second kappa shape index (κ2) is 8.27. The molecule has 0 heterocycles. The maximum atomic E-state index is 5.54. The molecule has 0 radical (unpaired) electrons. The fraction of sp³-hybridized carbons (Fsp3) is 0.818. The zero-order valence-electron chi connectivity index (χ0n) is 9.18. The fourth-order valence-electron chi connectivity index (χ4n) is 1.33. The Morgan fingerprint density at radius 2 is 2.15 bits per heavy atom. The molecule has 2 nitrogen and oxygen atoms in total. The molecular weight excluding hydrogens is 162 g/mol. The largest absolute Gasteiger partial charge is 0.377 e. The van der Waals surface area contributed by atoms with Gasteiger partial charge in [-0.1, -0.05) is 13.0 Å². The van der Waals surface area contributed by atoms with Crippen molar-refractivity contribution < 1.29 is 4.74 Å². The molecule has 0 fully saturated rings. The molecule has 2 unspecified atom stereocenters. The molecule has 2 atom stereocenters. The van der Waals surface area contributed by atoms with Crippen LogP contribution in [0, 0.1) is 0 Å². The van der Waals surface area contributed by atoms with Crippen LogP contribution >= 0.6 is 0 Å². The van der Waals surface area contributed by atoms with Gasteiger partial charge in [-0.25, -0.2) is 0 Å². The molecule has 1 N–H and O–H groups in total. The van der Waals surface area contributed by atoms with E-state index in [1.165, 1.54) is 0 Å². The predicted octanol–water partition coefficient (Wildman–Crippen LogP) is 2.36. The summed E-state index contributed by atoms with van der Waals surface area (Å²) in [5.74, 6) is 0. The van der Waals surface area contributed by atoms with Crippen LogP contribution in [0.25, 0.3) is 0 Å². The number of ether oxygens (including phenoxy) is 1. The summed E-state index contributed by atoms with van der Waals surface area (Å²) in [4.78, 5) is 0. The van der Waals surface area contributed by atoms with E-state index in [0.29, 0.717) is 6.04 Å². The summed E-state index contributed by atoms with van der Waals surface area (Å²) in [7, 11) is 0. The van der Waals surface area contributed by atoms with Crippen LogP contribution < -0.4 is 5.32 Å². The van der Waals surface area contributed by atoms with Gasteiger partial charge in [-0.3, -0.25) is 0 Å². The summed E-state index contributed by atoms with van der Waals surface area (Å²) in [6.07, 6.45) is 4.35. The van der Waals surface area contributed by atoms with Gasteiger partial charge in [0.15, 0.2) is 0 Å². The first-order valence-electron chi connectivity index (χ1n) is 5.22. The summed E-state index contributed by atoms with van der Waals surface area (Å²) in [6.45, 7) is 11.9. The molecule has 0 aliphatic rings. The van der Waals surface area contributed by atoms with Crippen LogP contribution in [0.1, 0.15) is 33.6 Å². The first kappa shape index (κ1) is 12.7. The van der Waals surface area contributed by atoms with Crippen molar-refractivity contribution >= 4 is 0 Å². The van der Waals surface area contributed by atoms with Crippen molar-refractivity contribution in [3.8, 4) is 0 Å². The second-order valence-corrected chi connectivity index (χ2v) is 3.25. The predicted molar refractivity (Wildman–Crippen MR) is 58.0 cm³/mol. The molecule has 2 heteroatoms. The van der Waals surface area contributed by atoms with Crippen molar-refractivity contribution in [2.45, 2.75) is 45.8 Å². The van der Waals surface area contributed by atoms with Gasteiger partial charge in [0.25, 0.3) is 0 Å². The first-order chi connectivity index (χ1) is 6.26. The van der Waals surface area contributed by atoms with Crippen molar-refractivity contribution in [2.75, 3.05) is 13.2 Å². The van der Waals surface area contributed by atoms with Crippen LogP contribution in [-0.2, 0) is 4.74 Å². The molecule has 13 heavy (non-hydrogen) atoms. The van der Waals surface area contributed by atoms with Crippen LogP contribution in [0.2, 0.25) is 0 Å². The normalized spacial score (nSPS) is 15.3. The standard InChI is InChI=1S/C11H23NO/c1-5-8-11(12-9-6-2)10(4)13-7-3/h5,10-12H,1,6-9H2,2-4H3. The highest BCUT2D eigenvalue weighted by Crippen LogP contribution is 2.04. The summed E-state index contributed by atoms with van der Waals surface area (Å²) >= 11 is 0. The summed E-state index contributed by atoms with van der Waals surface area (Å²) in [6, 6.07) is 0.414. The third-order valence-electron chi connectivity index (χ3n) is 2.07. The first-order valence-corrected chi connectivity index (χ1v) is 5.22. The quantitative estimate of drug-likeness (QED) is 0.586. The number of hydrogen-bond donors (Lipinski definition) is 1. The number of rotatable bonds is 8. The lowest BCUT2D eigenvalue weighted by molar-refractivity contribution is 0.0483. The Balaban J connectivity index is 3.82. The van der Waals surface area contributed by atoms with E-state index in [1.54, 1.807) is 0 Å². The molecular formula is C11H23NO. The van der Waals surface area contributed by atoms with Gasteiger partial charge in [0.2, 0.25) is 0 Å². The van der Waals surface area contributed by atoms with E-state index in [4.69, 9.17) is 4.74 Å². The van der Waals surface area contributed by atoms with Crippen molar-refractivity contribution in [1.82, 2.24) is 5.32 Å². The Labute approximate surface area is 82.4 Å². The fourth-order valence-corrected chi connectivity index (χ4v) is 1.33. The average molecular weight is 185 g/mol. The SMILES string of the molecule is C=CCC(NCCC)C(C)OCC. The van der Waals surface area contributed by atoms with Gasteiger partial charge in [-0.2, -0.15) is 0 Å². The minimum absolute atomic E-state index is 0.273. The van der Waals surface area contributed by atoms with E-state index >= 15 is 0 Å². The van der Waals surface area contributed by atoms with Gasteiger partial charge in [0.1, 0.15) is 0 Å². The molecule has 0 aromatic carbocycles. The molecule has 0 saturated carbocycles. The highest BCUT2D eigenvalue weighted by molar-refractivity contribution is 4.82. The van der Waals surface area contributed by atoms with Crippen LogP contribution in [0.4, 0.5) is 0 Å². The van der Waals surface area contributed by atoms with Gasteiger partial charge >= 0.3 is 0 Å². The molecule has 0 bridgehead atoms. The minimum Gasteiger partial charge on any atom is -0.377 e. The topological polar surface area (TPSA) is 21.3 Å². The Hall–Kier alpha value is -0.340. The van der Waals surface area contributed by atoms with Gasteiger partial charge in [-0.15, -0.1) is 6.58 Å². The van der Waals surface area contributed by atoms with E-state index in [1.807, 2.05) is 13.0 Å². The molecule has 0 amide bonds. The lowest BCUT2D eigenvalue weighted by Gasteiger charge is -2.23. The third kappa shape index (κ3) is 5.83. The van der Waals surface area contributed by atoms with Gasteiger partial charge < -0.3 is 10.1 Å². The molecule has 0 rings (SSSR count). The average Bonchev–Trinajstić information content (AvgIpc) is 2.12. The molecule has 0 aliphatic carbocycles. The number of hydrogen-bond acceptors (Lipinski definition) is 2. The van der Waals surface area contributed by atoms with Crippen LogP contribution in [-0.4, -0.2) is 25.3 Å². The highest BCUT2D eigenvalue weighted by atomic mass is 16.5. The van der Waals surface area contributed by atoms with E-state index in [9.17, 15) is 0 Å².